The van der Waals surface area contributed by atoms with E-state index >= 15 is 0 Å². The van der Waals surface area contributed by atoms with Crippen LogP contribution in [0.4, 0.5) is 0 Å². The van der Waals surface area contributed by atoms with Gasteiger partial charge in [0, 0.05) is 25.8 Å². The topological polar surface area (TPSA) is 125 Å². The van der Waals surface area contributed by atoms with E-state index in [1.165, 1.54) is 0 Å². The van der Waals surface area contributed by atoms with E-state index in [-0.39, 0.29) is 24.8 Å². The van der Waals surface area contributed by atoms with Gasteiger partial charge in [-0.25, -0.2) is 10.3 Å². The highest BCUT2D eigenvalue weighted by Crippen LogP contribution is 2.20. The molecular formula is C24H35N3O6. The number of hydroxylamine groups is 1. The second kappa shape index (κ2) is 14.3. The van der Waals surface area contributed by atoms with Gasteiger partial charge in [-0.3, -0.25) is 19.6 Å². The van der Waals surface area contributed by atoms with Crippen molar-refractivity contribution in [2.45, 2.75) is 76.8 Å². The third-order valence-corrected chi connectivity index (χ3v) is 5.72. The van der Waals surface area contributed by atoms with Gasteiger partial charge in [-0.15, -0.1) is 0 Å². The SMILES string of the molecule is CCOC(=O)C(Cc1ccccc1)NC(=O)C1CCCN1C(=O)CCCCCCC(=O)NO. The standard InChI is InChI=1S/C24H35N3O6/c1-2-33-24(31)19(17-18-11-6-5-7-12-18)25-23(30)20-13-10-16-27(20)22(29)15-9-4-3-8-14-21(28)26-32/h5-7,11-12,19-20,32H,2-4,8-10,13-17H2,1H3,(H,25,30)(H,26,28). The average Bonchev–Trinajstić information content (AvgIpc) is 3.31. The van der Waals surface area contributed by atoms with Crippen LogP contribution >= 0.6 is 0 Å². The number of rotatable bonds is 13. The van der Waals surface area contributed by atoms with E-state index in [1.807, 2.05) is 30.3 Å². The second-order valence-electron chi connectivity index (χ2n) is 8.20. The maximum atomic E-state index is 13.0. The fourth-order valence-corrected chi connectivity index (χ4v) is 4.01. The number of hydrogen-bond acceptors (Lipinski definition) is 6. The van der Waals surface area contributed by atoms with E-state index in [0.717, 1.165) is 24.8 Å². The number of carbonyl (C=O) groups is 4. The predicted octanol–water partition coefficient (Wildman–Crippen LogP) is 2.11. The van der Waals surface area contributed by atoms with Crippen molar-refractivity contribution >= 4 is 23.7 Å². The Morgan fingerprint density at radius 2 is 1.79 bits per heavy atom. The monoisotopic (exact) mass is 461 g/mol. The predicted molar refractivity (Wildman–Crippen MR) is 121 cm³/mol. The zero-order valence-corrected chi connectivity index (χ0v) is 19.3. The molecule has 1 heterocycles. The van der Waals surface area contributed by atoms with E-state index < -0.39 is 24.0 Å². The molecular weight excluding hydrogens is 426 g/mol. The summed E-state index contributed by atoms with van der Waals surface area (Å²) in [5, 5.41) is 11.3. The molecule has 0 aromatic heterocycles. The molecule has 1 aromatic rings. The number of nitrogens with one attached hydrogen (secondary N) is 2. The average molecular weight is 462 g/mol. The Kier molecular flexibility index (Phi) is 11.4. The van der Waals surface area contributed by atoms with Crippen LogP contribution in [0.25, 0.3) is 0 Å². The van der Waals surface area contributed by atoms with Crippen molar-refractivity contribution in [1.29, 1.82) is 0 Å². The van der Waals surface area contributed by atoms with E-state index in [0.29, 0.717) is 38.6 Å². The smallest absolute Gasteiger partial charge is 0.328 e. The minimum Gasteiger partial charge on any atom is -0.464 e. The van der Waals surface area contributed by atoms with Gasteiger partial charge in [-0.2, -0.15) is 0 Å². The molecule has 9 nitrogen and oxygen atoms in total. The number of amides is 3. The summed E-state index contributed by atoms with van der Waals surface area (Å²) in [6.45, 7) is 2.47. The molecule has 1 aliphatic rings. The van der Waals surface area contributed by atoms with E-state index in [2.05, 4.69) is 5.32 Å². The first-order chi connectivity index (χ1) is 16.0. The lowest BCUT2D eigenvalue weighted by molar-refractivity contribution is -0.148. The van der Waals surface area contributed by atoms with Crippen molar-refractivity contribution in [3.63, 3.8) is 0 Å². The Hall–Kier alpha value is -2.94. The van der Waals surface area contributed by atoms with E-state index in [9.17, 15) is 19.2 Å². The van der Waals surface area contributed by atoms with Crippen molar-refractivity contribution < 1.29 is 29.1 Å². The molecule has 0 aliphatic carbocycles. The molecule has 33 heavy (non-hydrogen) atoms. The Balaban J connectivity index is 1.87. The zero-order chi connectivity index (χ0) is 24.1. The Labute approximate surface area is 194 Å². The Morgan fingerprint density at radius 1 is 1.09 bits per heavy atom. The van der Waals surface area contributed by atoms with Crippen LogP contribution in [0.2, 0.25) is 0 Å². The number of esters is 1. The summed E-state index contributed by atoms with van der Waals surface area (Å²) in [5.74, 6) is -1.30. The van der Waals surface area contributed by atoms with Crippen LogP contribution in [0.15, 0.2) is 30.3 Å². The molecule has 0 radical (unpaired) electrons. The molecule has 9 heteroatoms. The van der Waals surface area contributed by atoms with E-state index in [4.69, 9.17) is 9.94 Å². The van der Waals surface area contributed by atoms with Crippen molar-refractivity contribution in [2.75, 3.05) is 13.2 Å². The van der Waals surface area contributed by atoms with Crippen LogP contribution in [0.5, 0.6) is 0 Å². The fraction of sp³-hybridized carbons (Fsp3) is 0.583. The summed E-state index contributed by atoms with van der Waals surface area (Å²) < 4.78 is 5.15. The number of carbonyl (C=O) groups excluding carboxylic acids is 4. The first kappa shape index (κ1) is 26.3. The molecule has 2 atom stereocenters. The first-order valence-corrected chi connectivity index (χ1v) is 11.7. The summed E-state index contributed by atoms with van der Waals surface area (Å²) in [7, 11) is 0. The summed E-state index contributed by atoms with van der Waals surface area (Å²) in [5.41, 5.74) is 2.51. The number of hydrogen-bond donors (Lipinski definition) is 3. The fourth-order valence-electron chi connectivity index (χ4n) is 4.01. The first-order valence-electron chi connectivity index (χ1n) is 11.7. The maximum Gasteiger partial charge on any atom is 0.328 e. The lowest BCUT2D eigenvalue weighted by atomic mass is 10.0. The largest absolute Gasteiger partial charge is 0.464 e. The summed E-state index contributed by atoms with van der Waals surface area (Å²) in [6.07, 6.45) is 5.10. The van der Waals surface area contributed by atoms with Gasteiger partial charge in [-0.1, -0.05) is 43.2 Å². The number of unbranched alkanes of at least 4 members (excludes halogenated alkanes) is 3. The van der Waals surface area contributed by atoms with Crippen LogP contribution in [0.3, 0.4) is 0 Å². The molecule has 1 saturated heterocycles. The lowest BCUT2D eigenvalue weighted by Gasteiger charge is -2.26. The number of nitrogens with zero attached hydrogens (tertiary/aromatic N) is 1. The van der Waals surface area contributed by atoms with Crippen molar-refractivity contribution in [3.8, 4) is 0 Å². The lowest BCUT2D eigenvalue weighted by Crippen LogP contribution is -2.51. The minimum atomic E-state index is -0.812. The highest BCUT2D eigenvalue weighted by atomic mass is 16.5. The Morgan fingerprint density at radius 3 is 2.45 bits per heavy atom. The summed E-state index contributed by atoms with van der Waals surface area (Å²) in [4.78, 5) is 50.8. The van der Waals surface area contributed by atoms with Crippen LogP contribution in [-0.2, 0) is 30.3 Å². The molecule has 2 rings (SSSR count). The molecule has 0 spiro atoms. The third kappa shape index (κ3) is 8.84. The maximum absolute atomic E-state index is 13.0. The van der Waals surface area contributed by atoms with Gasteiger partial charge in [0.15, 0.2) is 0 Å². The van der Waals surface area contributed by atoms with Crippen LogP contribution in [-0.4, -0.2) is 59.0 Å². The van der Waals surface area contributed by atoms with Crippen molar-refractivity contribution in [3.05, 3.63) is 35.9 Å². The van der Waals surface area contributed by atoms with Gasteiger partial charge < -0.3 is 15.0 Å². The quantitative estimate of drug-likeness (QED) is 0.179. The number of likely N-dealkylation sites (tertiary alicyclic amines) is 1. The normalized spacial score (nSPS) is 16.2. The highest BCUT2D eigenvalue weighted by molar-refractivity contribution is 5.91. The Bertz CT molecular complexity index is 786. The third-order valence-electron chi connectivity index (χ3n) is 5.72. The van der Waals surface area contributed by atoms with Gasteiger partial charge in [0.1, 0.15) is 12.1 Å². The molecule has 1 aliphatic heterocycles. The van der Waals surface area contributed by atoms with Crippen molar-refractivity contribution in [2.24, 2.45) is 0 Å². The second-order valence-corrected chi connectivity index (χ2v) is 8.20. The molecule has 1 fully saturated rings. The van der Waals surface area contributed by atoms with Gasteiger partial charge in [0.05, 0.1) is 6.61 Å². The molecule has 0 bridgehead atoms. The van der Waals surface area contributed by atoms with Crippen molar-refractivity contribution in [1.82, 2.24) is 15.7 Å². The molecule has 3 N–H and O–H groups in total. The molecule has 1 aromatic carbocycles. The molecule has 0 saturated carbocycles. The summed E-state index contributed by atoms with van der Waals surface area (Å²) in [6, 6.07) is 8.01. The zero-order valence-electron chi connectivity index (χ0n) is 19.3. The minimum absolute atomic E-state index is 0.0727. The van der Waals surface area contributed by atoms with Crippen LogP contribution < -0.4 is 10.8 Å². The molecule has 2 unspecified atom stereocenters. The van der Waals surface area contributed by atoms with Gasteiger partial charge in [0.2, 0.25) is 17.7 Å². The molecule has 3 amide bonds. The van der Waals surface area contributed by atoms with Gasteiger partial charge >= 0.3 is 5.97 Å². The van der Waals surface area contributed by atoms with Gasteiger partial charge in [0.25, 0.3) is 0 Å². The number of ether oxygens (including phenoxy) is 1. The number of benzene rings is 1. The highest BCUT2D eigenvalue weighted by Gasteiger charge is 2.35. The van der Waals surface area contributed by atoms with E-state index in [1.54, 1.807) is 17.3 Å². The van der Waals surface area contributed by atoms with Gasteiger partial charge in [-0.05, 0) is 38.2 Å². The molecule has 182 valence electrons. The van der Waals surface area contributed by atoms with Crippen LogP contribution in [0.1, 0.15) is 63.9 Å². The van der Waals surface area contributed by atoms with Crippen LogP contribution in [0, 0.1) is 0 Å². The summed E-state index contributed by atoms with van der Waals surface area (Å²) >= 11 is 0.